The number of nitrogens with zero attached hydrogens (tertiary/aromatic N) is 1. The number of anilines is 1. The first-order valence-electron chi connectivity index (χ1n) is 5.76. The molecule has 0 unspecified atom stereocenters. The van der Waals surface area contributed by atoms with E-state index >= 15 is 0 Å². The largest absolute Gasteiger partial charge is 0.383 e. The van der Waals surface area contributed by atoms with Crippen LogP contribution in [0, 0.1) is 0 Å². The van der Waals surface area contributed by atoms with E-state index in [0.717, 1.165) is 16.4 Å². The van der Waals surface area contributed by atoms with Crippen LogP contribution in [0.2, 0.25) is 10.0 Å². The first-order valence-corrected chi connectivity index (χ1v) is 7.40. The quantitative estimate of drug-likeness (QED) is 0.877. The summed E-state index contributed by atoms with van der Waals surface area (Å²) in [6.07, 6.45) is 0. The summed E-state index contributed by atoms with van der Waals surface area (Å²) in [4.78, 5) is 4.52. The molecule has 0 bridgehead atoms. The highest BCUT2D eigenvalue weighted by Crippen LogP contribution is 2.32. The average molecular weight is 317 g/mol. The Labute approximate surface area is 126 Å². The Morgan fingerprint density at radius 1 is 1.42 bits per heavy atom. The molecule has 2 aromatic rings. The van der Waals surface area contributed by atoms with Crippen molar-refractivity contribution < 1.29 is 4.74 Å². The number of methoxy groups -OCH3 is 1. The fourth-order valence-corrected chi connectivity index (χ4v) is 2.99. The summed E-state index contributed by atoms with van der Waals surface area (Å²) in [7, 11) is 1.68. The monoisotopic (exact) mass is 316 g/mol. The van der Waals surface area contributed by atoms with E-state index in [1.807, 2.05) is 24.4 Å². The lowest BCUT2D eigenvalue weighted by molar-refractivity contribution is 0.190. The van der Waals surface area contributed by atoms with E-state index in [0.29, 0.717) is 16.7 Å². The second-order valence-electron chi connectivity index (χ2n) is 4.16. The Hall–Kier alpha value is -0.810. The molecule has 0 aliphatic heterocycles. The van der Waals surface area contributed by atoms with Crippen LogP contribution >= 0.6 is 34.5 Å². The van der Waals surface area contributed by atoms with Crippen molar-refractivity contribution in [2.24, 2.45) is 0 Å². The maximum atomic E-state index is 6.17. The van der Waals surface area contributed by atoms with Crippen LogP contribution in [0.25, 0.3) is 11.3 Å². The summed E-state index contributed by atoms with van der Waals surface area (Å²) in [5.74, 6) is 0. The van der Waals surface area contributed by atoms with Crippen molar-refractivity contribution >= 4 is 39.7 Å². The highest BCUT2D eigenvalue weighted by molar-refractivity contribution is 7.14. The van der Waals surface area contributed by atoms with Gasteiger partial charge < -0.3 is 10.1 Å². The molecule has 0 saturated heterocycles. The van der Waals surface area contributed by atoms with Crippen LogP contribution in [0.1, 0.15) is 6.92 Å². The topological polar surface area (TPSA) is 34.1 Å². The second-order valence-corrected chi connectivity index (χ2v) is 5.86. The Morgan fingerprint density at radius 2 is 2.21 bits per heavy atom. The van der Waals surface area contributed by atoms with Crippen molar-refractivity contribution in [3.63, 3.8) is 0 Å². The summed E-state index contributed by atoms with van der Waals surface area (Å²) in [6.45, 7) is 2.68. The smallest absolute Gasteiger partial charge is 0.183 e. The molecule has 0 aliphatic carbocycles. The molecule has 1 atom stereocenters. The third-order valence-corrected chi connectivity index (χ3v) is 3.82. The number of ether oxygens (including phenoxy) is 1. The highest BCUT2D eigenvalue weighted by Gasteiger charge is 2.10. The molecular weight excluding hydrogens is 303 g/mol. The predicted molar refractivity (Wildman–Crippen MR) is 82.5 cm³/mol. The first-order chi connectivity index (χ1) is 9.10. The molecule has 0 fully saturated rings. The predicted octanol–water partition coefficient (Wildman–Crippen LogP) is 4.56. The van der Waals surface area contributed by atoms with E-state index in [9.17, 15) is 0 Å². The van der Waals surface area contributed by atoms with Gasteiger partial charge in [0.05, 0.1) is 17.3 Å². The Balaban J connectivity index is 2.16. The minimum atomic E-state index is 0.213. The molecule has 19 heavy (non-hydrogen) atoms. The maximum Gasteiger partial charge on any atom is 0.183 e. The van der Waals surface area contributed by atoms with Gasteiger partial charge in [-0.3, -0.25) is 0 Å². The lowest BCUT2D eigenvalue weighted by atomic mass is 10.2. The molecule has 6 heteroatoms. The van der Waals surface area contributed by atoms with Crippen LogP contribution in [-0.4, -0.2) is 24.7 Å². The molecule has 1 N–H and O–H groups in total. The van der Waals surface area contributed by atoms with Gasteiger partial charge in [-0.05, 0) is 25.1 Å². The standard InChI is InChI=1S/C13H14Cl2N2OS/c1-8(6-18-2)16-13-17-12(7-19-13)10-4-3-9(14)5-11(10)15/h3-5,7-8H,6H2,1-2H3,(H,16,17)/t8-/m0/s1. The Kier molecular flexibility index (Phi) is 5.05. The molecule has 1 heterocycles. The number of halogens is 2. The molecule has 0 radical (unpaired) electrons. The molecule has 2 rings (SSSR count). The van der Waals surface area contributed by atoms with Gasteiger partial charge in [0.25, 0.3) is 0 Å². The number of thiazole rings is 1. The van der Waals surface area contributed by atoms with Crippen molar-refractivity contribution in [3.05, 3.63) is 33.6 Å². The van der Waals surface area contributed by atoms with Crippen LogP contribution in [-0.2, 0) is 4.74 Å². The SMILES string of the molecule is COC[C@H](C)Nc1nc(-c2ccc(Cl)cc2Cl)cs1. The van der Waals surface area contributed by atoms with E-state index in [1.54, 1.807) is 24.5 Å². The van der Waals surface area contributed by atoms with Crippen LogP contribution in [0.3, 0.4) is 0 Å². The number of benzene rings is 1. The molecule has 0 spiro atoms. The summed E-state index contributed by atoms with van der Waals surface area (Å²) in [5, 5.41) is 7.33. The average Bonchev–Trinajstić information content (AvgIpc) is 2.77. The molecule has 0 saturated carbocycles. The van der Waals surface area contributed by atoms with Crippen molar-refractivity contribution in [1.29, 1.82) is 0 Å². The summed E-state index contributed by atoms with van der Waals surface area (Å²) >= 11 is 13.6. The van der Waals surface area contributed by atoms with Crippen molar-refractivity contribution in [2.45, 2.75) is 13.0 Å². The number of aromatic nitrogens is 1. The van der Waals surface area contributed by atoms with Gasteiger partial charge in [-0.2, -0.15) is 0 Å². The minimum Gasteiger partial charge on any atom is -0.383 e. The number of hydrogen-bond donors (Lipinski definition) is 1. The van der Waals surface area contributed by atoms with Gasteiger partial charge in [-0.1, -0.05) is 23.2 Å². The summed E-state index contributed by atoms with van der Waals surface area (Å²) in [6, 6.07) is 5.62. The van der Waals surface area contributed by atoms with Gasteiger partial charge in [0.15, 0.2) is 5.13 Å². The van der Waals surface area contributed by atoms with Crippen molar-refractivity contribution in [3.8, 4) is 11.3 Å². The van der Waals surface area contributed by atoms with Gasteiger partial charge in [-0.15, -0.1) is 11.3 Å². The van der Waals surface area contributed by atoms with Crippen LogP contribution in [0.15, 0.2) is 23.6 Å². The molecule has 0 aliphatic rings. The lowest BCUT2D eigenvalue weighted by Crippen LogP contribution is -2.20. The van der Waals surface area contributed by atoms with E-state index < -0.39 is 0 Å². The number of hydrogen-bond acceptors (Lipinski definition) is 4. The highest BCUT2D eigenvalue weighted by atomic mass is 35.5. The molecule has 1 aromatic heterocycles. The molecule has 3 nitrogen and oxygen atoms in total. The normalized spacial score (nSPS) is 12.4. The summed E-state index contributed by atoms with van der Waals surface area (Å²) in [5.41, 5.74) is 1.73. The fourth-order valence-electron chi connectivity index (χ4n) is 1.66. The zero-order valence-corrected chi connectivity index (χ0v) is 12.9. The van der Waals surface area contributed by atoms with Crippen LogP contribution in [0.5, 0.6) is 0 Å². The van der Waals surface area contributed by atoms with Gasteiger partial charge in [0, 0.05) is 29.1 Å². The molecular formula is C13H14Cl2N2OS. The Morgan fingerprint density at radius 3 is 2.89 bits per heavy atom. The molecule has 102 valence electrons. The Bertz CT molecular complexity index is 559. The molecule has 0 amide bonds. The summed E-state index contributed by atoms with van der Waals surface area (Å²) < 4.78 is 5.08. The van der Waals surface area contributed by atoms with Gasteiger partial charge >= 0.3 is 0 Å². The minimum absolute atomic E-state index is 0.213. The van der Waals surface area contributed by atoms with E-state index in [-0.39, 0.29) is 6.04 Å². The van der Waals surface area contributed by atoms with E-state index in [1.165, 1.54) is 0 Å². The van der Waals surface area contributed by atoms with Crippen LogP contribution in [0.4, 0.5) is 5.13 Å². The number of rotatable bonds is 5. The second kappa shape index (κ2) is 6.57. The zero-order valence-electron chi connectivity index (χ0n) is 10.6. The van der Waals surface area contributed by atoms with E-state index in [4.69, 9.17) is 27.9 Å². The van der Waals surface area contributed by atoms with Gasteiger partial charge in [0.2, 0.25) is 0 Å². The van der Waals surface area contributed by atoms with Crippen molar-refractivity contribution in [2.75, 3.05) is 19.0 Å². The van der Waals surface area contributed by atoms with Crippen molar-refractivity contribution in [1.82, 2.24) is 4.98 Å². The van der Waals surface area contributed by atoms with E-state index in [2.05, 4.69) is 10.3 Å². The first kappa shape index (κ1) is 14.6. The lowest BCUT2D eigenvalue weighted by Gasteiger charge is -2.10. The number of nitrogens with one attached hydrogen (secondary N) is 1. The zero-order chi connectivity index (χ0) is 13.8. The van der Waals surface area contributed by atoms with Crippen LogP contribution < -0.4 is 5.32 Å². The van der Waals surface area contributed by atoms with Gasteiger partial charge in [0.1, 0.15) is 0 Å². The maximum absolute atomic E-state index is 6.17. The third-order valence-electron chi connectivity index (χ3n) is 2.50. The third kappa shape index (κ3) is 3.83. The molecule has 1 aromatic carbocycles. The van der Waals surface area contributed by atoms with Gasteiger partial charge in [-0.25, -0.2) is 4.98 Å². The fraction of sp³-hybridized carbons (Fsp3) is 0.308.